The van der Waals surface area contributed by atoms with Crippen LogP contribution in [0.5, 0.6) is 0 Å². The SMILES string of the molecule is Cc1c(CN2CCN(C(=O)C3CCCC3)[C@@H](C)C2)cc(Cl)cc1NC(=O)COCC(F)F. The van der Waals surface area contributed by atoms with Crippen LogP contribution in [0.1, 0.15) is 43.7 Å². The first-order valence-corrected chi connectivity index (χ1v) is 11.6. The standard InChI is InChI=1S/C23H32ClF2N3O3/c1-15-11-28(7-8-29(15)23(31)17-5-3-4-6-17)12-18-9-19(24)10-20(16(18)2)27-22(30)14-32-13-21(25)26/h9-10,15,17,21H,3-8,11-14H2,1-2H3,(H,27,30)/t15-/m0/s1. The maximum atomic E-state index is 12.8. The Morgan fingerprint density at radius 1 is 1.25 bits per heavy atom. The summed E-state index contributed by atoms with van der Waals surface area (Å²) in [6.07, 6.45) is 1.70. The summed E-state index contributed by atoms with van der Waals surface area (Å²) in [4.78, 5) is 29.2. The minimum atomic E-state index is -2.61. The van der Waals surface area contributed by atoms with Gasteiger partial charge in [0.1, 0.15) is 13.2 Å². The average Bonchev–Trinajstić information content (AvgIpc) is 3.26. The van der Waals surface area contributed by atoms with Crippen LogP contribution in [0.4, 0.5) is 14.5 Å². The van der Waals surface area contributed by atoms with Crippen LogP contribution >= 0.6 is 11.6 Å². The van der Waals surface area contributed by atoms with E-state index < -0.39 is 25.5 Å². The topological polar surface area (TPSA) is 61.9 Å². The highest BCUT2D eigenvalue weighted by Crippen LogP contribution is 2.29. The van der Waals surface area contributed by atoms with Gasteiger partial charge in [-0.2, -0.15) is 0 Å². The molecule has 6 nitrogen and oxygen atoms in total. The summed E-state index contributed by atoms with van der Waals surface area (Å²) >= 11 is 6.28. The predicted molar refractivity (Wildman–Crippen MR) is 120 cm³/mol. The number of rotatable bonds is 8. The molecule has 1 heterocycles. The molecular weight excluding hydrogens is 440 g/mol. The van der Waals surface area contributed by atoms with Crippen molar-refractivity contribution in [3.63, 3.8) is 0 Å². The molecule has 1 saturated heterocycles. The Morgan fingerprint density at radius 3 is 2.62 bits per heavy atom. The number of halogens is 3. The zero-order valence-electron chi connectivity index (χ0n) is 18.7. The number of anilines is 1. The van der Waals surface area contributed by atoms with Crippen molar-refractivity contribution < 1.29 is 23.1 Å². The lowest BCUT2D eigenvalue weighted by atomic mass is 10.0. The van der Waals surface area contributed by atoms with Crippen LogP contribution in [-0.2, 0) is 20.9 Å². The molecule has 0 radical (unpaired) electrons. The Morgan fingerprint density at radius 2 is 1.97 bits per heavy atom. The number of carbonyl (C=O) groups excluding carboxylic acids is 2. The van der Waals surface area contributed by atoms with Crippen molar-refractivity contribution in [1.82, 2.24) is 9.80 Å². The summed E-state index contributed by atoms with van der Waals surface area (Å²) < 4.78 is 29.1. The molecule has 1 atom stereocenters. The van der Waals surface area contributed by atoms with Crippen LogP contribution in [-0.4, -0.2) is 66.9 Å². The van der Waals surface area contributed by atoms with Gasteiger partial charge in [0.15, 0.2) is 0 Å². The quantitative estimate of drug-likeness (QED) is 0.620. The summed E-state index contributed by atoms with van der Waals surface area (Å²) in [7, 11) is 0. The van der Waals surface area contributed by atoms with Crippen LogP contribution in [0.15, 0.2) is 12.1 Å². The maximum absolute atomic E-state index is 12.8. The molecule has 0 bridgehead atoms. The highest BCUT2D eigenvalue weighted by Gasteiger charge is 2.33. The second-order valence-corrected chi connectivity index (χ2v) is 9.23. The van der Waals surface area contributed by atoms with Gasteiger partial charge in [0.2, 0.25) is 11.8 Å². The number of carbonyl (C=O) groups is 2. The number of piperazine rings is 1. The smallest absolute Gasteiger partial charge is 0.261 e. The van der Waals surface area contributed by atoms with Gasteiger partial charge in [-0.1, -0.05) is 24.4 Å². The highest BCUT2D eigenvalue weighted by atomic mass is 35.5. The van der Waals surface area contributed by atoms with E-state index in [1.165, 1.54) is 0 Å². The number of nitrogens with zero attached hydrogens (tertiary/aromatic N) is 2. The zero-order chi connectivity index (χ0) is 23.3. The molecule has 2 fully saturated rings. The van der Waals surface area contributed by atoms with Crippen LogP contribution < -0.4 is 5.32 Å². The highest BCUT2D eigenvalue weighted by molar-refractivity contribution is 6.31. The van der Waals surface area contributed by atoms with E-state index in [2.05, 4.69) is 17.1 Å². The Balaban J connectivity index is 1.59. The lowest BCUT2D eigenvalue weighted by Crippen LogP contribution is -2.54. The predicted octanol–water partition coefficient (Wildman–Crippen LogP) is 4.09. The Hall–Kier alpha value is -1.77. The molecule has 2 aliphatic rings. The van der Waals surface area contributed by atoms with Crippen molar-refractivity contribution in [2.45, 2.75) is 58.5 Å². The first-order valence-electron chi connectivity index (χ1n) is 11.2. The van der Waals surface area contributed by atoms with E-state index in [-0.39, 0.29) is 12.0 Å². The van der Waals surface area contributed by atoms with Crippen LogP contribution in [0.2, 0.25) is 5.02 Å². The fourth-order valence-corrected chi connectivity index (χ4v) is 4.85. The number of nitrogens with one attached hydrogen (secondary N) is 1. The first kappa shape index (κ1) is 24.9. The number of ether oxygens (including phenoxy) is 1. The van der Waals surface area contributed by atoms with Gasteiger partial charge in [0.05, 0.1) is 0 Å². The first-order chi connectivity index (χ1) is 15.2. The normalized spacial score (nSPS) is 20.2. The van der Waals surface area contributed by atoms with E-state index in [9.17, 15) is 18.4 Å². The van der Waals surface area contributed by atoms with Crippen molar-refractivity contribution in [1.29, 1.82) is 0 Å². The molecule has 1 aromatic carbocycles. The van der Waals surface area contributed by atoms with Crippen molar-refractivity contribution in [2.24, 2.45) is 5.92 Å². The number of amides is 2. The molecule has 2 amide bonds. The molecule has 32 heavy (non-hydrogen) atoms. The van der Waals surface area contributed by atoms with Crippen molar-refractivity contribution in [2.75, 3.05) is 38.2 Å². The molecule has 9 heteroatoms. The van der Waals surface area contributed by atoms with E-state index in [0.29, 0.717) is 29.7 Å². The minimum absolute atomic E-state index is 0.141. The fraction of sp³-hybridized carbons (Fsp3) is 0.652. The maximum Gasteiger partial charge on any atom is 0.261 e. The van der Waals surface area contributed by atoms with Gasteiger partial charge in [-0.15, -0.1) is 0 Å². The van der Waals surface area contributed by atoms with Gasteiger partial charge >= 0.3 is 0 Å². The number of alkyl halides is 2. The van der Waals surface area contributed by atoms with Crippen molar-refractivity contribution in [3.05, 3.63) is 28.3 Å². The van der Waals surface area contributed by atoms with Crippen molar-refractivity contribution in [3.8, 4) is 0 Å². The van der Waals surface area contributed by atoms with Crippen LogP contribution in [0.3, 0.4) is 0 Å². The average molecular weight is 472 g/mol. The molecule has 1 aliphatic carbocycles. The second-order valence-electron chi connectivity index (χ2n) is 8.79. The number of hydrogen-bond acceptors (Lipinski definition) is 4. The minimum Gasteiger partial charge on any atom is -0.366 e. The third-order valence-corrected chi connectivity index (χ3v) is 6.54. The molecule has 0 aromatic heterocycles. The van der Waals surface area contributed by atoms with Gasteiger partial charge in [0, 0.05) is 48.8 Å². The van der Waals surface area contributed by atoms with E-state index >= 15 is 0 Å². The lowest BCUT2D eigenvalue weighted by molar-refractivity contribution is -0.140. The summed E-state index contributed by atoms with van der Waals surface area (Å²) in [5, 5.41) is 3.18. The zero-order valence-corrected chi connectivity index (χ0v) is 19.5. The molecular formula is C23H32ClF2N3O3. The molecule has 0 unspecified atom stereocenters. The molecule has 0 spiro atoms. The van der Waals surface area contributed by atoms with Crippen LogP contribution in [0, 0.1) is 12.8 Å². The molecule has 1 aliphatic heterocycles. The van der Waals surface area contributed by atoms with E-state index in [4.69, 9.17) is 16.3 Å². The van der Waals surface area contributed by atoms with Gasteiger partial charge in [0.25, 0.3) is 6.43 Å². The summed E-state index contributed by atoms with van der Waals surface area (Å²) in [6.45, 7) is 5.67. The van der Waals surface area contributed by atoms with Gasteiger partial charge in [-0.3, -0.25) is 14.5 Å². The fourth-order valence-electron chi connectivity index (χ4n) is 4.61. The molecule has 1 aromatic rings. The largest absolute Gasteiger partial charge is 0.366 e. The van der Waals surface area contributed by atoms with E-state index in [0.717, 1.165) is 49.9 Å². The Kier molecular flexibility index (Phi) is 8.85. The third-order valence-electron chi connectivity index (χ3n) is 6.32. The number of hydrogen-bond donors (Lipinski definition) is 1. The summed E-state index contributed by atoms with van der Waals surface area (Å²) in [5.74, 6) is -0.0164. The van der Waals surface area contributed by atoms with Gasteiger partial charge in [-0.05, 0) is 49.9 Å². The Bertz CT molecular complexity index is 818. The van der Waals surface area contributed by atoms with Gasteiger partial charge in [-0.25, -0.2) is 8.78 Å². The lowest BCUT2D eigenvalue weighted by Gasteiger charge is -2.41. The summed E-state index contributed by atoms with van der Waals surface area (Å²) in [6, 6.07) is 3.66. The van der Waals surface area contributed by atoms with Crippen LogP contribution in [0.25, 0.3) is 0 Å². The molecule has 178 valence electrons. The Labute approximate surface area is 193 Å². The monoisotopic (exact) mass is 471 g/mol. The molecule has 1 N–H and O–H groups in total. The second kappa shape index (κ2) is 11.4. The van der Waals surface area contributed by atoms with E-state index in [1.807, 2.05) is 17.9 Å². The van der Waals surface area contributed by atoms with E-state index in [1.54, 1.807) is 6.07 Å². The molecule has 1 saturated carbocycles. The molecule has 3 rings (SSSR count). The third kappa shape index (κ3) is 6.62. The van der Waals surface area contributed by atoms with Crippen molar-refractivity contribution >= 4 is 29.1 Å². The summed E-state index contributed by atoms with van der Waals surface area (Å²) in [5.41, 5.74) is 2.39. The van der Waals surface area contributed by atoms with Gasteiger partial charge < -0.3 is 15.0 Å². The number of benzene rings is 1.